The maximum Gasteiger partial charge on any atom is 0.410 e. The van der Waals surface area contributed by atoms with Crippen LogP contribution in [0.15, 0.2) is 48.2 Å². The van der Waals surface area contributed by atoms with E-state index in [9.17, 15) is 9.59 Å². The Balaban J connectivity index is 1.40. The first kappa shape index (κ1) is 24.3. The van der Waals surface area contributed by atoms with Crippen molar-refractivity contribution in [2.75, 3.05) is 6.54 Å². The number of imidazole rings is 1. The number of aromatic nitrogens is 5. The third kappa shape index (κ3) is 6.82. The van der Waals surface area contributed by atoms with E-state index < -0.39 is 11.7 Å². The highest BCUT2D eigenvalue weighted by Crippen LogP contribution is 2.17. The zero-order chi connectivity index (χ0) is 24.8. The molecular weight excluding hydrogens is 466 g/mol. The molecule has 4 rings (SSSR count). The Hall–Kier alpha value is -3.86. The Kier molecular flexibility index (Phi) is 7.35. The Morgan fingerprint density at radius 2 is 2.00 bits per heavy atom. The second-order valence-electron chi connectivity index (χ2n) is 8.86. The molecule has 0 aliphatic carbocycles. The van der Waals surface area contributed by atoms with Crippen LogP contribution in [0.3, 0.4) is 0 Å². The molecule has 0 fully saturated rings. The number of hydrogen-bond donors (Lipinski definition) is 2. The van der Waals surface area contributed by atoms with E-state index in [1.54, 1.807) is 22.5 Å². The molecule has 35 heavy (non-hydrogen) atoms. The van der Waals surface area contributed by atoms with E-state index in [1.807, 2.05) is 45.0 Å². The average Bonchev–Trinajstić information content (AvgIpc) is 3.46. The van der Waals surface area contributed by atoms with Gasteiger partial charge in [-0.05, 0) is 39.0 Å². The Bertz CT molecular complexity index is 1260. The fraction of sp³-hybridized carbons (Fsp3) is 0.333. The highest BCUT2D eigenvalue weighted by molar-refractivity contribution is 7.09. The van der Waals surface area contributed by atoms with Gasteiger partial charge in [0, 0.05) is 24.5 Å². The molecule has 2 N–H and O–H groups in total. The van der Waals surface area contributed by atoms with Gasteiger partial charge in [-0.3, -0.25) is 4.79 Å². The summed E-state index contributed by atoms with van der Waals surface area (Å²) in [4.78, 5) is 47.2. The van der Waals surface area contributed by atoms with Crippen molar-refractivity contribution in [3.63, 3.8) is 0 Å². The van der Waals surface area contributed by atoms with Gasteiger partial charge in [-0.1, -0.05) is 12.1 Å². The second kappa shape index (κ2) is 10.6. The molecular formula is C24H27N7O3S. The lowest BCUT2D eigenvalue weighted by Gasteiger charge is -2.26. The summed E-state index contributed by atoms with van der Waals surface area (Å²) in [5, 5.41) is 5.26. The van der Waals surface area contributed by atoms with Gasteiger partial charge in [-0.25, -0.2) is 24.7 Å². The first-order valence-electron chi connectivity index (χ1n) is 11.2. The zero-order valence-electron chi connectivity index (χ0n) is 19.8. The summed E-state index contributed by atoms with van der Waals surface area (Å²) in [6.45, 7) is 6.41. The minimum Gasteiger partial charge on any atom is -0.444 e. The molecule has 0 radical (unpaired) electrons. The van der Waals surface area contributed by atoms with Gasteiger partial charge in [0.15, 0.2) is 0 Å². The van der Waals surface area contributed by atoms with E-state index >= 15 is 0 Å². The maximum atomic E-state index is 12.9. The molecule has 182 valence electrons. The second-order valence-corrected chi connectivity index (χ2v) is 9.81. The van der Waals surface area contributed by atoms with E-state index in [0.29, 0.717) is 30.2 Å². The molecule has 10 nitrogen and oxygen atoms in total. The lowest BCUT2D eigenvalue weighted by Crippen LogP contribution is -2.38. The van der Waals surface area contributed by atoms with Crippen molar-refractivity contribution in [3.05, 3.63) is 70.5 Å². The summed E-state index contributed by atoms with van der Waals surface area (Å²) in [5.74, 6) is 0.387. The molecule has 4 aromatic rings. The predicted molar refractivity (Wildman–Crippen MR) is 132 cm³/mol. The van der Waals surface area contributed by atoms with Crippen LogP contribution in [0.2, 0.25) is 0 Å². The van der Waals surface area contributed by atoms with E-state index in [-0.39, 0.29) is 19.0 Å². The van der Waals surface area contributed by atoms with Gasteiger partial charge < -0.3 is 19.9 Å². The summed E-state index contributed by atoms with van der Waals surface area (Å²) in [5.41, 5.74) is 2.16. The molecule has 1 aromatic carbocycles. The molecule has 0 aliphatic rings. The van der Waals surface area contributed by atoms with Crippen molar-refractivity contribution in [3.8, 4) is 0 Å². The van der Waals surface area contributed by atoms with Crippen molar-refractivity contribution >= 4 is 34.4 Å². The van der Waals surface area contributed by atoms with Gasteiger partial charge >= 0.3 is 6.09 Å². The minimum atomic E-state index is -0.626. The monoisotopic (exact) mass is 493 g/mol. The number of ether oxygens (including phenoxy) is 1. The summed E-state index contributed by atoms with van der Waals surface area (Å²) < 4.78 is 5.61. The molecule has 0 atom stereocenters. The van der Waals surface area contributed by atoms with Gasteiger partial charge in [0.25, 0.3) is 5.91 Å². The molecule has 0 saturated heterocycles. The number of H-pyrrole nitrogens is 1. The lowest BCUT2D eigenvalue weighted by atomic mass is 10.2. The number of benzene rings is 1. The standard InChI is InChI=1S/C24H27N7O3S/c1-24(2,3)34-23(33)31(13-20-28-17-6-4-5-7-18(17)29-20)11-9-21-30-19(14-35-21)22(32)26-12-16-8-10-25-15-27-16/h4-8,10,14-15H,9,11-13H2,1-3H3,(H,26,32)(H,28,29). The Labute approximate surface area is 206 Å². The van der Waals surface area contributed by atoms with Crippen LogP contribution >= 0.6 is 11.3 Å². The number of nitrogens with one attached hydrogen (secondary N) is 2. The van der Waals surface area contributed by atoms with Crippen molar-refractivity contribution in [1.82, 2.24) is 35.1 Å². The Morgan fingerprint density at radius 1 is 1.17 bits per heavy atom. The molecule has 0 spiro atoms. The molecule has 3 aromatic heterocycles. The number of carbonyl (C=O) groups is 2. The lowest BCUT2D eigenvalue weighted by molar-refractivity contribution is 0.0231. The van der Waals surface area contributed by atoms with Crippen LogP contribution < -0.4 is 5.32 Å². The number of fused-ring (bicyclic) bond motifs is 1. The molecule has 0 unspecified atom stereocenters. The number of amides is 2. The fourth-order valence-corrected chi connectivity index (χ4v) is 4.03. The SMILES string of the molecule is CC(C)(C)OC(=O)N(CCc1nc(C(=O)NCc2ccncn2)cs1)Cc1nc2ccccc2[nH]1. The topological polar surface area (TPSA) is 126 Å². The van der Waals surface area contributed by atoms with Crippen LogP contribution in [0.1, 0.15) is 47.8 Å². The van der Waals surface area contributed by atoms with Crippen LogP contribution in [0.5, 0.6) is 0 Å². The summed E-state index contributed by atoms with van der Waals surface area (Å²) >= 11 is 1.38. The molecule has 0 aliphatic heterocycles. The van der Waals surface area contributed by atoms with Gasteiger partial charge in [0.05, 0.1) is 34.8 Å². The van der Waals surface area contributed by atoms with Crippen molar-refractivity contribution in [2.24, 2.45) is 0 Å². The van der Waals surface area contributed by atoms with Crippen LogP contribution in [0, 0.1) is 0 Å². The quantitative estimate of drug-likeness (QED) is 0.383. The smallest absolute Gasteiger partial charge is 0.410 e. The molecule has 11 heteroatoms. The third-order valence-corrected chi connectivity index (χ3v) is 5.79. The third-order valence-electron chi connectivity index (χ3n) is 4.88. The van der Waals surface area contributed by atoms with E-state index in [4.69, 9.17) is 4.74 Å². The van der Waals surface area contributed by atoms with E-state index in [0.717, 1.165) is 16.0 Å². The fourth-order valence-electron chi connectivity index (χ4n) is 3.27. The number of para-hydroxylation sites is 2. The largest absolute Gasteiger partial charge is 0.444 e. The number of aromatic amines is 1. The maximum absolute atomic E-state index is 12.9. The minimum absolute atomic E-state index is 0.265. The van der Waals surface area contributed by atoms with Gasteiger partial charge in [-0.15, -0.1) is 11.3 Å². The summed E-state index contributed by atoms with van der Waals surface area (Å²) in [7, 11) is 0. The summed E-state index contributed by atoms with van der Waals surface area (Å²) in [6, 6.07) is 9.44. The summed E-state index contributed by atoms with van der Waals surface area (Å²) in [6.07, 6.45) is 3.10. The number of rotatable bonds is 8. The van der Waals surface area contributed by atoms with Crippen LogP contribution in [-0.4, -0.2) is 54.0 Å². The van der Waals surface area contributed by atoms with Gasteiger partial charge in [-0.2, -0.15) is 0 Å². The molecule has 0 saturated carbocycles. The predicted octanol–water partition coefficient (Wildman–Crippen LogP) is 3.72. The number of carbonyl (C=O) groups excluding carboxylic acids is 2. The van der Waals surface area contributed by atoms with Crippen LogP contribution in [-0.2, 0) is 24.2 Å². The normalized spacial score (nSPS) is 11.4. The first-order valence-corrected chi connectivity index (χ1v) is 12.0. The highest BCUT2D eigenvalue weighted by atomic mass is 32.1. The first-order chi connectivity index (χ1) is 16.8. The number of thiazole rings is 1. The van der Waals surface area contributed by atoms with Crippen molar-refractivity contribution in [2.45, 2.75) is 45.9 Å². The van der Waals surface area contributed by atoms with E-state index in [2.05, 4.69) is 30.2 Å². The Morgan fingerprint density at radius 3 is 2.74 bits per heavy atom. The molecule has 2 amide bonds. The van der Waals surface area contributed by atoms with Crippen LogP contribution in [0.4, 0.5) is 4.79 Å². The highest BCUT2D eigenvalue weighted by Gasteiger charge is 2.24. The van der Waals surface area contributed by atoms with Crippen molar-refractivity contribution in [1.29, 1.82) is 0 Å². The van der Waals surface area contributed by atoms with Gasteiger partial charge in [0.1, 0.15) is 23.4 Å². The zero-order valence-corrected chi connectivity index (χ0v) is 20.6. The number of hydrogen-bond acceptors (Lipinski definition) is 8. The van der Waals surface area contributed by atoms with Crippen molar-refractivity contribution < 1.29 is 14.3 Å². The van der Waals surface area contributed by atoms with Gasteiger partial charge in [0.2, 0.25) is 0 Å². The number of nitrogens with zero attached hydrogens (tertiary/aromatic N) is 5. The average molecular weight is 494 g/mol. The molecule has 0 bridgehead atoms. The van der Waals surface area contributed by atoms with Crippen LogP contribution in [0.25, 0.3) is 11.0 Å². The van der Waals surface area contributed by atoms with E-state index in [1.165, 1.54) is 17.7 Å². The molecule has 3 heterocycles.